The van der Waals surface area contributed by atoms with Gasteiger partial charge in [0.1, 0.15) is 5.60 Å². The molecule has 0 amide bonds. The van der Waals surface area contributed by atoms with Crippen molar-refractivity contribution in [2.75, 3.05) is 13.1 Å². The molecule has 1 heterocycles. The van der Waals surface area contributed by atoms with Crippen LogP contribution >= 0.6 is 0 Å². The van der Waals surface area contributed by atoms with Crippen molar-refractivity contribution < 1.29 is 44.6 Å². The number of alkyl halides is 9. The molecule has 0 aromatic heterocycles. The molecule has 1 N–H and O–H groups in total. The van der Waals surface area contributed by atoms with E-state index in [4.69, 9.17) is 0 Å². The van der Waals surface area contributed by atoms with Crippen molar-refractivity contribution in [1.29, 1.82) is 0 Å². The first-order valence-electron chi connectivity index (χ1n) is 12.0. The van der Waals surface area contributed by atoms with Gasteiger partial charge < -0.3 is 5.11 Å². The van der Waals surface area contributed by atoms with Gasteiger partial charge in [-0.3, -0.25) is 4.90 Å². The Bertz CT molecular complexity index is 1180. The highest BCUT2D eigenvalue weighted by atomic mass is 19.4. The average Bonchev–Trinajstić information content (AvgIpc) is 2.88. The summed E-state index contributed by atoms with van der Waals surface area (Å²) in [6.07, 6.45) is -13.0. The zero-order valence-corrected chi connectivity index (χ0v) is 20.3. The van der Waals surface area contributed by atoms with Crippen LogP contribution in [0, 0.1) is 5.92 Å². The van der Waals surface area contributed by atoms with Gasteiger partial charge in [0.25, 0.3) is 0 Å². The van der Waals surface area contributed by atoms with Crippen molar-refractivity contribution in [3.63, 3.8) is 0 Å². The largest absolute Gasteiger partial charge is 0.416 e. The first-order chi connectivity index (χ1) is 18.1. The van der Waals surface area contributed by atoms with Crippen LogP contribution in [0.15, 0.2) is 72.8 Å². The van der Waals surface area contributed by atoms with E-state index in [2.05, 4.69) is 0 Å². The van der Waals surface area contributed by atoms with Gasteiger partial charge in [-0.1, -0.05) is 36.4 Å². The van der Waals surface area contributed by atoms with Crippen LogP contribution in [0.5, 0.6) is 0 Å². The van der Waals surface area contributed by atoms with E-state index in [0.29, 0.717) is 38.0 Å². The third-order valence-electron chi connectivity index (χ3n) is 7.17. The summed E-state index contributed by atoms with van der Waals surface area (Å²) in [5, 5.41) is 12.0. The van der Waals surface area contributed by atoms with Gasteiger partial charge in [-0.2, -0.15) is 39.5 Å². The van der Waals surface area contributed by atoms with Crippen LogP contribution in [0.4, 0.5) is 39.5 Å². The van der Waals surface area contributed by atoms with Crippen molar-refractivity contribution in [3.8, 4) is 0 Å². The molecule has 1 aliphatic rings. The molecule has 0 unspecified atom stereocenters. The van der Waals surface area contributed by atoms with E-state index in [1.54, 1.807) is 0 Å². The molecule has 1 saturated heterocycles. The minimum atomic E-state index is -4.60. The van der Waals surface area contributed by atoms with Gasteiger partial charge in [-0.05, 0) is 84.9 Å². The number of hydrogen-bond acceptors (Lipinski definition) is 2. The topological polar surface area (TPSA) is 23.5 Å². The van der Waals surface area contributed by atoms with Gasteiger partial charge >= 0.3 is 18.5 Å². The molecule has 0 saturated carbocycles. The Hall–Kier alpha value is -3.05. The Balaban J connectivity index is 1.57. The summed E-state index contributed by atoms with van der Waals surface area (Å²) < 4.78 is 117. The second-order valence-corrected chi connectivity index (χ2v) is 9.66. The van der Waals surface area contributed by atoms with E-state index in [0.717, 1.165) is 60.7 Å². The predicted molar refractivity (Wildman–Crippen MR) is 125 cm³/mol. The van der Waals surface area contributed by atoms with Gasteiger partial charge in [0.15, 0.2) is 0 Å². The van der Waals surface area contributed by atoms with E-state index in [9.17, 15) is 44.6 Å². The lowest BCUT2D eigenvalue weighted by Gasteiger charge is -2.42. The highest BCUT2D eigenvalue weighted by Gasteiger charge is 2.43. The molecule has 0 radical (unpaired) electrons. The lowest BCUT2D eigenvalue weighted by molar-refractivity contribution is -0.138. The van der Waals surface area contributed by atoms with Crippen LogP contribution in [0.1, 0.15) is 46.2 Å². The number of halogens is 9. The molecule has 0 bridgehead atoms. The summed E-state index contributed by atoms with van der Waals surface area (Å²) in [4.78, 5) is 1.97. The van der Waals surface area contributed by atoms with Crippen molar-refractivity contribution in [1.82, 2.24) is 4.90 Å². The number of rotatable bonds is 5. The minimum Gasteiger partial charge on any atom is -0.380 e. The number of likely N-dealkylation sites (tertiary alicyclic amines) is 1. The number of hydrogen-bond donors (Lipinski definition) is 1. The zero-order chi connectivity index (χ0) is 28.6. The molecule has 39 heavy (non-hydrogen) atoms. The summed E-state index contributed by atoms with van der Waals surface area (Å²) in [6.45, 7) is 1.17. The van der Waals surface area contributed by atoms with Gasteiger partial charge in [0, 0.05) is 6.54 Å². The van der Waals surface area contributed by atoms with Crippen molar-refractivity contribution in [3.05, 3.63) is 106 Å². The van der Waals surface area contributed by atoms with E-state index in [1.807, 2.05) is 4.90 Å². The van der Waals surface area contributed by atoms with Gasteiger partial charge in [-0.25, -0.2) is 0 Å². The van der Waals surface area contributed by atoms with Crippen LogP contribution in [0.3, 0.4) is 0 Å². The molecular formula is C28H24F9NO. The maximum atomic E-state index is 13.1. The quantitative estimate of drug-likeness (QED) is 0.320. The van der Waals surface area contributed by atoms with Crippen molar-refractivity contribution in [2.24, 2.45) is 5.92 Å². The highest BCUT2D eigenvalue weighted by Crippen LogP contribution is 2.44. The lowest BCUT2D eigenvalue weighted by Crippen LogP contribution is -2.44. The zero-order valence-electron chi connectivity index (χ0n) is 20.3. The monoisotopic (exact) mass is 561 g/mol. The molecule has 0 spiro atoms. The summed E-state index contributed by atoms with van der Waals surface area (Å²) in [5.74, 6) is -0.546. The SMILES string of the molecule is OC(c1ccc(C(F)(F)F)cc1)(c1ccc(C(F)(F)F)cc1)C1CCN(Cc2ccc(C(F)(F)F)cc2)CC1. The molecule has 3 aromatic carbocycles. The predicted octanol–water partition coefficient (Wildman–Crippen LogP) is 7.89. The number of benzene rings is 3. The Morgan fingerprint density at radius 1 is 0.538 bits per heavy atom. The summed E-state index contributed by atoms with van der Waals surface area (Å²) in [5.41, 5.74) is -3.58. The summed E-state index contributed by atoms with van der Waals surface area (Å²) in [7, 11) is 0. The molecule has 1 aliphatic heterocycles. The van der Waals surface area contributed by atoms with Crippen molar-refractivity contribution in [2.45, 2.75) is 43.5 Å². The minimum absolute atomic E-state index is 0.122. The Labute approximate surface area is 218 Å². The number of aliphatic hydroxyl groups is 1. The Kier molecular flexibility index (Phi) is 7.79. The molecule has 11 heteroatoms. The summed E-state index contributed by atoms with van der Waals surface area (Å²) in [6, 6.07) is 12.6. The molecule has 0 aliphatic carbocycles. The van der Waals surface area contributed by atoms with Crippen LogP contribution < -0.4 is 0 Å². The van der Waals surface area contributed by atoms with Crippen LogP contribution in [0.2, 0.25) is 0 Å². The van der Waals surface area contributed by atoms with Crippen LogP contribution in [-0.2, 0) is 30.7 Å². The molecule has 4 rings (SSSR count). The fourth-order valence-corrected chi connectivity index (χ4v) is 5.03. The third kappa shape index (κ3) is 6.41. The van der Waals surface area contributed by atoms with E-state index in [-0.39, 0.29) is 11.1 Å². The van der Waals surface area contributed by atoms with Gasteiger partial charge in [0.05, 0.1) is 16.7 Å². The van der Waals surface area contributed by atoms with Crippen LogP contribution in [0.25, 0.3) is 0 Å². The molecule has 210 valence electrons. The fourth-order valence-electron chi connectivity index (χ4n) is 5.03. The van der Waals surface area contributed by atoms with Gasteiger partial charge in [-0.15, -0.1) is 0 Å². The standard InChI is InChI=1S/C28H24F9NO/c29-26(30,31)22-3-1-18(2-4-22)17-38-15-13-21(14-16-38)25(39,19-5-9-23(10-6-19)27(32,33)34)20-7-11-24(12-8-20)28(35,36)37/h1-12,21,39H,13-17H2. The third-order valence-corrected chi connectivity index (χ3v) is 7.17. The first kappa shape index (κ1) is 28.9. The van der Waals surface area contributed by atoms with E-state index in [1.165, 1.54) is 12.1 Å². The van der Waals surface area contributed by atoms with E-state index < -0.39 is 46.7 Å². The second-order valence-electron chi connectivity index (χ2n) is 9.66. The second kappa shape index (κ2) is 10.5. The Morgan fingerprint density at radius 3 is 1.18 bits per heavy atom. The molecule has 3 aromatic rings. The highest BCUT2D eigenvalue weighted by molar-refractivity contribution is 5.40. The number of piperidine rings is 1. The molecule has 2 nitrogen and oxygen atoms in total. The van der Waals surface area contributed by atoms with Crippen molar-refractivity contribution >= 4 is 0 Å². The maximum absolute atomic E-state index is 13.1. The fraction of sp³-hybridized carbons (Fsp3) is 0.357. The smallest absolute Gasteiger partial charge is 0.380 e. The average molecular weight is 561 g/mol. The Morgan fingerprint density at radius 2 is 0.846 bits per heavy atom. The van der Waals surface area contributed by atoms with Gasteiger partial charge in [0.2, 0.25) is 0 Å². The molecule has 0 atom stereocenters. The van der Waals surface area contributed by atoms with E-state index >= 15 is 0 Å². The first-order valence-corrected chi connectivity index (χ1v) is 12.0. The maximum Gasteiger partial charge on any atom is 0.416 e. The lowest BCUT2D eigenvalue weighted by atomic mass is 9.71. The van der Waals surface area contributed by atoms with Crippen LogP contribution in [-0.4, -0.2) is 23.1 Å². The molecular weight excluding hydrogens is 537 g/mol. The molecule has 1 fully saturated rings. The normalized spacial score (nSPS) is 16.5. The summed E-state index contributed by atoms with van der Waals surface area (Å²) >= 11 is 0. The number of nitrogens with zero attached hydrogens (tertiary/aromatic N) is 1.